The van der Waals surface area contributed by atoms with Crippen LogP contribution in [0.4, 0.5) is 5.69 Å². The topological polar surface area (TPSA) is 76.5 Å². The standard InChI is InChI=1S/C23H23BrN4O3/c1-15-11-19(5-8-21(15)24)27-14-16(12-22(27)29)23(30)25-13-17-9-10-28(26-17)18-3-6-20(31-2)7-4-18/h3-11,16H,12-14H2,1-2H3,(H,25,30). The first-order valence-electron chi connectivity index (χ1n) is 9.98. The molecule has 4 rings (SSSR count). The number of carbonyl (C=O) groups is 2. The van der Waals surface area contributed by atoms with Crippen LogP contribution in [0.5, 0.6) is 5.75 Å². The lowest BCUT2D eigenvalue weighted by Gasteiger charge is -2.17. The van der Waals surface area contributed by atoms with Crippen LogP contribution in [0, 0.1) is 12.8 Å². The summed E-state index contributed by atoms with van der Waals surface area (Å²) < 4.78 is 7.91. The molecule has 7 nitrogen and oxygen atoms in total. The van der Waals surface area contributed by atoms with E-state index in [4.69, 9.17) is 4.74 Å². The Morgan fingerprint density at radius 2 is 1.94 bits per heavy atom. The zero-order valence-corrected chi connectivity index (χ0v) is 18.9. The number of benzene rings is 2. The summed E-state index contributed by atoms with van der Waals surface area (Å²) in [5.74, 6) is 0.233. The molecule has 0 spiro atoms. The van der Waals surface area contributed by atoms with Gasteiger partial charge >= 0.3 is 0 Å². The third kappa shape index (κ3) is 4.64. The zero-order valence-electron chi connectivity index (χ0n) is 17.3. The first-order valence-corrected chi connectivity index (χ1v) is 10.8. The van der Waals surface area contributed by atoms with E-state index in [9.17, 15) is 9.59 Å². The van der Waals surface area contributed by atoms with Crippen LogP contribution in [0.15, 0.2) is 59.2 Å². The van der Waals surface area contributed by atoms with Crippen molar-refractivity contribution in [2.45, 2.75) is 19.9 Å². The summed E-state index contributed by atoms with van der Waals surface area (Å²) in [6, 6.07) is 15.2. The first-order chi connectivity index (χ1) is 14.9. The van der Waals surface area contributed by atoms with Crippen molar-refractivity contribution in [3.8, 4) is 11.4 Å². The fourth-order valence-electron chi connectivity index (χ4n) is 3.59. The molecule has 1 atom stereocenters. The third-order valence-corrected chi connectivity index (χ3v) is 6.26. The van der Waals surface area contributed by atoms with Gasteiger partial charge in [0.15, 0.2) is 0 Å². The van der Waals surface area contributed by atoms with Gasteiger partial charge in [-0.15, -0.1) is 0 Å². The Hall–Kier alpha value is -3.13. The van der Waals surface area contributed by atoms with E-state index >= 15 is 0 Å². The molecule has 2 heterocycles. The Kier molecular flexibility index (Phi) is 6.08. The van der Waals surface area contributed by atoms with Crippen molar-refractivity contribution in [1.82, 2.24) is 15.1 Å². The highest BCUT2D eigenvalue weighted by molar-refractivity contribution is 9.10. The molecule has 1 aromatic heterocycles. The number of nitrogens with zero attached hydrogens (tertiary/aromatic N) is 3. The number of ether oxygens (including phenoxy) is 1. The second kappa shape index (κ2) is 8.93. The van der Waals surface area contributed by atoms with Crippen LogP contribution in [0.1, 0.15) is 17.7 Å². The number of aromatic nitrogens is 2. The summed E-state index contributed by atoms with van der Waals surface area (Å²) in [6.45, 7) is 2.67. The number of halogens is 1. The second-order valence-corrected chi connectivity index (χ2v) is 8.36. The SMILES string of the molecule is COc1ccc(-n2ccc(CNC(=O)C3CC(=O)N(c4ccc(Br)c(C)c4)C3)n2)cc1. The van der Waals surface area contributed by atoms with Gasteiger partial charge < -0.3 is 15.0 Å². The maximum atomic E-state index is 12.7. The molecule has 1 aliphatic rings. The van der Waals surface area contributed by atoms with Crippen LogP contribution < -0.4 is 15.0 Å². The van der Waals surface area contributed by atoms with Crippen LogP contribution in [-0.4, -0.2) is 35.2 Å². The van der Waals surface area contributed by atoms with Gasteiger partial charge in [0.1, 0.15) is 5.75 Å². The molecule has 2 aromatic carbocycles. The van der Waals surface area contributed by atoms with E-state index in [1.54, 1.807) is 16.7 Å². The van der Waals surface area contributed by atoms with E-state index < -0.39 is 0 Å². The number of anilines is 1. The molecule has 1 saturated heterocycles. The molecule has 1 fully saturated rings. The predicted octanol–water partition coefficient (Wildman–Crippen LogP) is 3.62. The van der Waals surface area contributed by atoms with Gasteiger partial charge in [-0.25, -0.2) is 4.68 Å². The van der Waals surface area contributed by atoms with Crippen LogP contribution in [0.25, 0.3) is 5.69 Å². The van der Waals surface area contributed by atoms with Gasteiger partial charge in [-0.1, -0.05) is 15.9 Å². The highest BCUT2D eigenvalue weighted by Gasteiger charge is 2.35. The molecule has 1 unspecified atom stereocenters. The summed E-state index contributed by atoms with van der Waals surface area (Å²) in [4.78, 5) is 26.8. The molecule has 8 heteroatoms. The lowest BCUT2D eigenvalue weighted by Crippen LogP contribution is -2.32. The zero-order chi connectivity index (χ0) is 22.0. The Morgan fingerprint density at radius 1 is 1.19 bits per heavy atom. The second-order valence-electron chi connectivity index (χ2n) is 7.51. The van der Waals surface area contributed by atoms with Crippen LogP contribution in [0.2, 0.25) is 0 Å². The van der Waals surface area contributed by atoms with E-state index in [0.29, 0.717) is 13.1 Å². The van der Waals surface area contributed by atoms with Crippen molar-refractivity contribution in [2.75, 3.05) is 18.6 Å². The van der Waals surface area contributed by atoms with Crippen molar-refractivity contribution in [3.05, 3.63) is 70.5 Å². The molecule has 0 aliphatic carbocycles. The van der Waals surface area contributed by atoms with E-state index in [0.717, 1.165) is 32.9 Å². The number of hydrogen-bond donors (Lipinski definition) is 1. The Bertz CT molecular complexity index is 1110. The normalized spacial score (nSPS) is 15.9. The minimum Gasteiger partial charge on any atom is -0.497 e. The largest absolute Gasteiger partial charge is 0.497 e. The highest BCUT2D eigenvalue weighted by Crippen LogP contribution is 2.28. The number of nitrogens with one attached hydrogen (secondary N) is 1. The molecule has 31 heavy (non-hydrogen) atoms. The minimum absolute atomic E-state index is 0.0364. The Balaban J connectivity index is 1.35. The molecule has 2 amide bonds. The average Bonchev–Trinajstić information content (AvgIpc) is 3.41. The molecule has 0 radical (unpaired) electrons. The summed E-state index contributed by atoms with van der Waals surface area (Å²) in [6.07, 6.45) is 2.06. The number of methoxy groups -OCH3 is 1. The van der Waals surface area contributed by atoms with E-state index in [2.05, 4.69) is 26.3 Å². The van der Waals surface area contributed by atoms with Crippen LogP contribution in [-0.2, 0) is 16.1 Å². The van der Waals surface area contributed by atoms with E-state index in [1.807, 2.05) is 61.7 Å². The van der Waals surface area contributed by atoms with Gasteiger partial charge in [-0.2, -0.15) is 5.10 Å². The Morgan fingerprint density at radius 3 is 2.65 bits per heavy atom. The highest BCUT2D eigenvalue weighted by atomic mass is 79.9. The van der Waals surface area contributed by atoms with Gasteiger partial charge in [0.25, 0.3) is 0 Å². The summed E-state index contributed by atoms with van der Waals surface area (Å²) in [7, 11) is 1.63. The van der Waals surface area contributed by atoms with Crippen LogP contribution >= 0.6 is 15.9 Å². The summed E-state index contributed by atoms with van der Waals surface area (Å²) in [5.41, 5.74) is 3.51. The molecule has 1 N–H and O–H groups in total. The quantitative estimate of drug-likeness (QED) is 0.581. The van der Waals surface area contributed by atoms with Crippen molar-refractivity contribution < 1.29 is 14.3 Å². The van der Waals surface area contributed by atoms with Gasteiger partial charge in [-0.3, -0.25) is 9.59 Å². The summed E-state index contributed by atoms with van der Waals surface area (Å²) in [5, 5.41) is 7.43. The molecule has 160 valence electrons. The van der Waals surface area contributed by atoms with E-state index in [1.165, 1.54) is 0 Å². The van der Waals surface area contributed by atoms with Gasteiger partial charge in [0.2, 0.25) is 11.8 Å². The van der Waals surface area contributed by atoms with Crippen molar-refractivity contribution in [3.63, 3.8) is 0 Å². The summed E-state index contributed by atoms with van der Waals surface area (Å²) >= 11 is 3.47. The van der Waals surface area contributed by atoms with Gasteiger partial charge in [0.05, 0.1) is 31.0 Å². The lowest BCUT2D eigenvalue weighted by molar-refractivity contribution is -0.126. The van der Waals surface area contributed by atoms with Crippen LogP contribution in [0.3, 0.4) is 0 Å². The molecule has 3 aromatic rings. The van der Waals surface area contributed by atoms with Crippen molar-refractivity contribution >= 4 is 33.4 Å². The number of aryl methyl sites for hydroxylation is 1. The molecular weight excluding hydrogens is 460 g/mol. The monoisotopic (exact) mass is 482 g/mol. The number of rotatable bonds is 6. The first kappa shape index (κ1) is 21.1. The van der Waals surface area contributed by atoms with Crippen molar-refractivity contribution in [1.29, 1.82) is 0 Å². The van der Waals surface area contributed by atoms with Gasteiger partial charge in [-0.05, 0) is 61.0 Å². The average molecular weight is 483 g/mol. The molecule has 0 bridgehead atoms. The van der Waals surface area contributed by atoms with Gasteiger partial charge in [0, 0.05) is 29.3 Å². The Labute approximate surface area is 189 Å². The fourth-order valence-corrected chi connectivity index (χ4v) is 3.83. The fraction of sp³-hybridized carbons (Fsp3) is 0.261. The third-order valence-electron chi connectivity index (χ3n) is 5.37. The molecular formula is C23H23BrN4O3. The smallest absolute Gasteiger partial charge is 0.227 e. The number of hydrogen-bond acceptors (Lipinski definition) is 4. The number of carbonyl (C=O) groups excluding carboxylic acids is 2. The van der Waals surface area contributed by atoms with E-state index in [-0.39, 0.29) is 24.2 Å². The number of amides is 2. The lowest BCUT2D eigenvalue weighted by atomic mass is 10.1. The van der Waals surface area contributed by atoms with Crippen molar-refractivity contribution in [2.24, 2.45) is 5.92 Å². The minimum atomic E-state index is -0.375. The molecule has 1 aliphatic heterocycles. The molecule has 0 saturated carbocycles. The predicted molar refractivity (Wildman–Crippen MR) is 121 cm³/mol. The maximum absolute atomic E-state index is 12.7. The maximum Gasteiger partial charge on any atom is 0.227 e.